The van der Waals surface area contributed by atoms with Crippen molar-refractivity contribution >= 4 is 18.0 Å². The molecule has 2 fully saturated rings. The fraction of sp³-hybridized carbons (Fsp3) is 0.464. The van der Waals surface area contributed by atoms with Crippen LogP contribution in [0.25, 0.3) is 0 Å². The number of carbonyl (C=O) groups excluding carboxylic acids is 2. The lowest BCUT2D eigenvalue weighted by atomic mass is 9.98. The van der Waals surface area contributed by atoms with E-state index in [0.29, 0.717) is 17.7 Å². The second-order valence-electron chi connectivity index (χ2n) is 10.4. The van der Waals surface area contributed by atoms with Gasteiger partial charge in [-0.15, -0.1) is 0 Å². The van der Waals surface area contributed by atoms with E-state index in [4.69, 9.17) is 4.74 Å². The molecule has 5 aliphatic rings. The minimum atomic E-state index is -1.56. The van der Waals surface area contributed by atoms with Crippen molar-refractivity contribution in [3.63, 3.8) is 0 Å². The zero-order chi connectivity index (χ0) is 28.4. The van der Waals surface area contributed by atoms with Crippen molar-refractivity contribution in [1.82, 2.24) is 24.9 Å². The zero-order valence-corrected chi connectivity index (χ0v) is 22.4. The normalized spacial score (nSPS) is 26.6. The van der Waals surface area contributed by atoms with Gasteiger partial charge in [-0.1, -0.05) is 13.0 Å². The summed E-state index contributed by atoms with van der Waals surface area (Å²) in [5.74, 6) is -0.996. The van der Waals surface area contributed by atoms with Crippen LogP contribution in [-0.2, 0) is 14.3 Å². The summed E-state index contributed by atoms with van der Waals surface area (Å²) in [6.07, 6.45) is 8.81. The molecule has 4 heterocycles. The summed E-state index contributed by atoms with van der Waals surface area (Å²) in [4.78, 5) is 36.6. The number of aliphatic hydroxyl groups is 1. The number of amides is 2. The third-order valence-corrected chi connectivity index (χ3v) is 7.71. The summed E-state index contributed by atoms with van der Waals surface area (Å²) in [6, 6.07) is 0. The SMILES string of the molecule is C=C1OC(CO)CN1C1=CC(F)=C(N2CCN(C(=O)CNC(=O)C3=CN4C=CN=CC4=CCC3C)CC2)C(F)C1. The topological polar surface area (TPSA) is 101 Å². The summed E-state index contributed by atoms with van der Waals surface area (Å²) in [6.45, 7) is 6.76. The monoisotopic (exact) mass is 556 g/mol. The summed E-state index contributed by atoms with van der Waals surface area (Å²) in [7, 11) is 0. The van der Waals surface area contributed by atoms with Gasteiger partial charge < -0.3 is 34.8 Å². The highest BCUT2D eigenvalue weighted by molar-refractivity contribution is 5.96. The number of alkyl halides is 1. The first-order valence-corrected chi connectivity index (χ1v) is 13.4. The Kier molecular flexibility index (Phi) is 8.06. The third kappa shape index (κ3) is 5.67. The van der Waals surface area contributed by atoms with E-state index in [1.807, 2.05) is 17.9 Å². The largest absolute Gasteiger partial charge is 0.472 e. The van der Waals surface area contributed by atoms with E-state index in [9.17, 15) is 14.7 Å². The highest BCUT2D eigenvalue weighted by Gasteiger charge is 2.36. The highest BCUT2D eigenvalue weighted by atomic mass is 19.1. The predicted molar refractivity (Wildman–Crippen MR) is 144 cm³/mol. The summed E-state index contributed by atoms with van der Waals surface area (Å²) >= 11 is 0. The molecule has 0 saturated carbocycles. The van der Waals surface area contributed by atoms with Gasteiger partial charge in [0.25, 0.3) is 0 Å². The molecule has 3 unspecified atom stereocenters. The molecule has 4 aliphatic heterocycles. The molecule has 2 saturated heterocycles. The lowest BCUT2D eigenvalue weighted by molar-refractivity contribution is -0.133. The molecule has 214 valence electrons. The van der Waals surface area contributed by atoms with E-state index in [1.54, 1.807) is 39.5 Å². The number of carbonyl (C=O) groups is 2. The van der Waals surface area contributed by atoms with Gasteiger partial charge in [0, 0.05) is 62.5 Å². The van der Waals surface area contributed by atoms with Gasteiger partial charge >= 0.3 is 0 Å². The molecule has 0 bridgehead atoms. The fourth-order valence-electron chi connectivity index (χ4n) is 5.43. The van der Waals surface area contributed by atoms with Crippen LogP contribution in [-0.4, -0.2) is 101 Å². The number of nitrogens with zero attached hydrogens (tertiary/aromatic N) is 5. The van der Waals surface area contributed by atoms with E-state index in [1.165, 1.54) is 6.08 Å². The minimum Gasteiger partial charge on any atom is -0.472 e. The number of ether oxygens (including phenoxy) is 1. The standard InChI is InChI=1S/C28H34F2N6O4/c1-18-3-4-20-13-31-5-6-35(20)16-23(18)28(39)32-14-26(38)33-7-9-34(10-8-33)27-24(29)11-21(12-25(27)30)36-15-22(17-37)40-19(36)2/h4-6,11,13,16,18,22,25,37H,2-3,7-10,12,14-15,17H2,1H3,(H,32,39). The Morgan fingerprint density at radius 3 is 2.75 bits per heavy atom. The van der Waals surface area contributed by atoms with Gasteiger partial charge in [0.1, 0.15) is 18.1 Å². The molecular weight excluding hydrogens is 522 g/mol. The average molecular weight is 557 g/mol. The molecule has 2 N–H and O–H groups in total. The first kappa shape index (κ1) is 27.6. The van der Waals surface area contributed by atoms with E-state index in [0.717, 1.165) is 5.70 Å². The number of halogens is 2. The molecule has 10 nitrogen and oxygen atoms in total. The van der Waals surface area contributed by atoms with Gasteiger partial charge in [0.2, 0.25) is 11.8 Å². The van der Waals surface area contributed by atoms with Gasteiger partial charge in [0.15, 0.2) is 5.88 Å². The van der Waals surface area contributed by atoms with Gasteiger partial charge in [-0.2, -0.15) is 0 Å². The lowest BCUT2D eigenvalue weighted by Crippen LogP contribution is -2.52. The van der Waals surface area contributed by atoms with Crippen molar-refractivity contribution in [2.24, 2.45) is 10.9 Å². The first-order chi connectivity index (χ1) is 19.2. The predicted octanol–water partition coefficient (Wildman–Crippen LogP) is 1.88. The first-order valence-electron chi connectivity index (χ1n) is 13.4. The molecular formula is C28H34F2N6O4. The Hall–Kier alpha value is -3.93. The van der Waals surface area contributed by atoms with Gasteiger partial charge in [-0.25, -0.2) is 8.78 Å². The zero-order valence-electron chi connectivity index (χ0n) is 22.4. The van der Waals surface area contributed by atoms with Crippen LogP contribution in [0.4, 0.5) is 8.78 Å². The Balaban J connectivity index is 1.15. The molecule has 0 aromatic carbocycles. The molecule has 40 heavy (non-hydrogen) atoms. The van der Waals surface area contributed by atoms with Gasteiger partial charge in [-0.05, 0) is 25.0 Å². The molecule has 5 rings (SSSR count). The molecule has 0 spiro atoms. The maximum absolute atomic E-state index is 15.2. The van der Waals surface area contributed by atoms with E-state index in [-0.39, 0.29) is 81.6 Å². The maximum Gasteiger partial charge on any atom is 0.249 e. The van der Waals surface area contributed by atoms with Crippen LogP contribution in [0.1, 0.15) is 19.8 Å². The summed E-state index contributed by atoms with van der Waals surface area (Å²) in [5.41, 5.74) is 1.85. The number of nitrogens with one attached hydrogen (secondary N) is 1. The second kappa shape index (κ2) is 11.7. The number of fused-ring (bicyclic) bond motifs is 1. The average Bonchev–Trinajstić information content (AvgIpc) is 3.25. The molecule has 12 heteroatoms. The molecule has 2 amide bonds. The number of piperazine rings is 1. The van der Waals surface area contributed by atoms with Crippen molar-refractivity contribution in [1.29, 1.82) is 0 Å². The number of allylic oxidation sites excluding steroid dienone is 6. The van der Waals surface area contributed by atoms with Crippen molar-refractivity contribution < 1.29 is 28.2 Å². The Bertz CT molecular complexity index is 1250. The van der Waals surface area contributed by atoms with E-state index < -0.39 is 18.1 Å². The van der Waals surface area contributed by atoms with Crippen LogP contribution in [0.3, 0.4) is 0 Å². The number of aliphatic hydroxyl groups excluding tert-OH is 1. The molecule has 3 atom stereocenters. The number of rotatable bonds is 6. The summed E-state index contributed by atoms with van der Waals surface area (Å²) in [5, 5.41) is 12.1. The Morgan fingerprint density at radius 2 is 2.05 bits per heavy atom. The number of aliphatic imine (C=N–C) groups is 1. The van der Waals surface area contributed by atoms with Crippen molar-refractivity contribution in [2.45, 2.75) is 32.0 Å². The van der Waals surface area contributed by atoms with Crippen LogP contribution in [0, 0.1) is 5.92 Å². The molecule has 0 aromatic heterocycles. The number of hydrogen-bond donors (Lipinski definition) is 2. The third-order valence-electron chi connectivity index (χ3n) is 7.71. The van der Waals surface area contributed by atoms with Crippen molar-refractivity contribution in [3.8, 4) is 0 Å². The van der Waals surface area contributed by atoms with E-state index in [2.05, 4.69) is 16.9 Å². The number of hydrogen-bond acceptors (Lipinski definition) is 8. The molecule has 0 aromatic rings. The smallest absolute Gasteiger partial charge is 0.249 e. The van der Waals surface area contributed by atoms with Crippen LogP contribution in [0.15, 0.2) is 76.7 Å². The fourth-order valence-corrected chi connectivity index (χ4v) is 5.43. The molecule has 0 radical (unpaired) electrons. The lowest BCUT2D eigenvalue weighted by Gasteiger charge is -2.39. The second-order valence-corrected chi connectivity index (χ2v) is 10.4. The highest BCUT2D eigenvalue weighted by Crippen LogP contribution is 2.35. The quantitative estimate of drug-likeness (QED) is 0.516. The van der Waals surface area contributed by atoms with Crippen LogP contribution < -0.4 is 5.32 Å². The van der Waals surface area contributed by atoms with Crippen LogP contribution >= 0.6 is 0 Å². The van der Waals surface area contributed by atoms with Gasteiger partial charge in [0.05, 0.1) is 37.3 Å². The van der Waals surface area contributed by atoms with Gasteiger partial charge in [-0.3, -0.25) is 14.6 Å². The van der Waals surface area contributed by atoms with Crippen molar-refractivity contribution in [2.75, 3.05) is 45.9 Å². The molecule has 1 aliphatic carbocycles. The van der Waals surface area contributed by atoms with Crippen LogP contribution in [0.5, 0.6) is 0 Å². The summed E-state index contributed by atoms with van der Waals surface area (Å²) < 4.78 is 35.8. The van der Waals surface area contributed by atoms with Crippen LogP contribution in [0.2, 0.25) is 0 Å². The Morgan fingerprint density at radius 1 is 1.27 bits per heavy atom. The van der Waals surface area contributed by atoms with E-state index >= 15 is 8.78 Å². The minimum absolute atomic E-state index is 0.0207. The Labute approximate surface area is 231 Å². The van der Waals surface area contributed by atoms with Crippen molar-refractivity contribution in [3.05, 3.63) is 71.7 Å². The maximum atomic E-state index is 15.2.